The second-order valence-electron chi connectivity index (χ2n) is 6.20. The molecule has 27 heavy (non-hydrogen) atoms. The first-order valence-electron chi connectivity index (χ1n) is 8.19. The number of ether oxygens (including phenoxy) is 3. The fourth-order valence-electron chi connectivity index (χ4n) is 1.67. The molecule has 1 fully saturated rings. The predicted molar refractivity (Wildman–Crippen MR) is 93.9 cm³/mol. The molecule has 0 aromatic carbocycles. The summed E-state index contributed by atoms with van der Waals surface area (Å²) in [5, 5.41) is 17.3. The molecular weight excluding hydrogens is 360 g/mol. The Morgan fingerprint density at radius 1 is 1.11 bits per heavy atom. The van der Waals surface area contributed by atoms with Crippen LogP contribution in [0, 0.1) is 5.92 Å². The fraction of sp³-hybridized carbons (Fsp3) is 0.556. The van der Waals surface area contributed by atoms with Gasteiger partial charge in [-0.3, -0.25) is 9.59 Å². The first-order chi connectivity index (χ1) is 12.4. The lowest BCUT2D eigenvalue weighted by atomic mass is 9.99. The van der Waals surface area contributed by atoms with Crippen LogP contribution in [-0.2, 0) is 33.4 Å². The number of esters is 2. The third-order valence-corrected chi connectivity index (χ3v) is 3.19. The van der Waals surface area contributed by atoms with Gasteiger partial charge in [0.05, 0.1) is 18.9 Å². The zero-order chi connectivity index (χ0) is 21.1. The minimum atomic E-state index is -1.22. The van der Waals surface area contributed by atoms with E-state index in [-0.39, 0.29) is 24.1 Å². The Balaban J connectivity index is 0.000000569. The maximum absolute atomic E-state index is 11.1. The number of carbonyl (C=O) groups excluding carboxylic acids is 2. The first kappa shape index (κ1) is 24.3. The molecule has 0 aromatic rings. The summed E-state index contributed by atoms with van der Waals surface area (Å²) in [6, 6.07) is 0. The second-order valence-corrected chi connectivity index (χ2v) is 6.20. The van der Waals surface area contributed by atoms with E-state index in [4.69, 9.17) is 24.4 Å². The van der Waals surface area contributed by atoms with Crippen LogP contribution in [0.3, 0.4) is 0 Å². The van der Waals surface area contributed by atoms with E-state index in [9.17, 15) is 19.2 Å². The molecule has 1 aliphatic rings. The van der Waals surface area contributed by atoms with E-state index in [0.29, 0.717) is 18.8 Å². The van der Waals surface area contributed by atoms with Crippen molar-refractivity contribution < 1.29 is 43.6 Å². The van der Waals surface area contributed by atoms with Gasteiger partial charge in [-0.05, 0) is 27.2 Å². The van der Waals surface area contributed by atoms with Gasteiger partial charge >= 0.3 is 23.9 Å². The van der Waals surface area contributed by atoms with Crippen LogP contribution in [0.15, 0.2) is 24.3 Å². The Morgan fingerprint density at radius 2 is 1.63 bits per heavy atom. The molecule has 9 heteroatoms. The highest BCUT2D eigenvalue weighted by Gasteiger charge is 2.25. The molecule has 0 aromatic heterocycles. The van der Waals surface area contributed by atoms with Gasteiger partial charge in [-0.25, -0.2) is 9.59 Å². The van der Waals surface area contributed by atoms with Crippen molar-refractivity contribution in [1.29, 1.82) is 0 Å². The van der Waals surface area contributed by atoms with Crippen molar-refractivity contribution in [2.24, 2.45) is 5.92 Å². The van der Waals surface area contributed by atoms with Crippen LogP contribution in [0.1, 0.15) is 33.6 Å². The van der Waals surface area contributed by atoms with Gasteiger partial charge in [-0.15, -0.1) is 0 Å². The summed E-state index contributed by atoms with van der Waals surface area (Å²) in [5.41, 5.74) is 0.641. The minimum Gasteiger partial charge on any atom is -0.481 e. The molecule has 1 aliphatic heterocycles. The van der Waals surface area contributed by atoms with Gasteiger partial charge in [-0.2, -0.15) is 0 Å². The maximum atomic E-state index is 11.1. The van der Waals surface area contributed by atoms with Gasteiger partial charge < -0.3 is 24.4 Å². The van der Waals surface area contributed by atoms with Gasteiger partial charge in [0, 0.05) is 11.1 Å². The van der Waals surface area contributed by atoms with E-state index in [2.05, 4.69) is 13.2 Å². The molecule has 0 radical (unpaired) electrons. The maximum Gasteiger partial charge on any atom is 0.333 e. The van der Waals surface area contributed by atoms with E-state index in [1.54, 1.807) is 6.92 Å². The molecule has 9 nitrogen and oxygen atoms in total. The van der Waals surface area contributed by atoms with Crippen molar-refractivity contribution in [3.05, 3.63) is 24.3 Å². The third-order valence-electron chi connectivity index (χ3n) is 3.19. The topological polar surface area (TPSA) is 140 Å². The molecule has 0 aliphatic carbocycles. The third kappa shape index (κ3) is 12.3. The Bertz CT molecular complexity index is 590. The molecule has 152 valence electrons. The Kier molecular flexibility index (Phi) is 10.7. The van der Waals surface area contributed by atoms with Crippen LogP contribution in [0.2, 0.25) is 0 Å². The quantitative estimate of drug-likeness (QED) is 0.325. The summed E-state index contributed by atoms with van der Waals surface area (Å²) in [7, 11) is 0. The smallest absolute Gasteiger partial charge is 0.333 e. The van der Waals surface area contributed by atoms with E-state index in [1.165, 1.54) is 13.8 Å². The van der Waals surface area contributed by atoms with E-state index >= 15 is 0 Å². The number of rotatable bonds is 10. The minimum absolute atomic E-state index is 0.0410. The zero-order valence-electron chi connectivity index (χ0n) is 15.7. The van der Waals surface area contributed by atoms with E-state index in [0.717, 1.165) is 0 Å². The van der Waals surface area contributed by atoms with Crippen LogP contribution in [0.5, 0.6) is 0 Å². The van der Waals surface area contributed by atoms with Crippen molar-refractivity contribution in [3.63, 3.8) is 0 Å². The molecule has 2 N–H and O–H groups in total. The molecule has 0 saturated carbocycles. The summed E-state index contributed by atoms with van der Waals surface area (Å²) < 4.78 is 14.5. The van der Waals surface area contributed by atoms with Crippen molar-refractivity contribution in [2.45, 2.75) is 45.8 Å². The Hall–Kier alpha value is -2.68. The number of aliphatic carboxylic acids is 2. The molecule has 3 unspecified atom stereocenters. The standard InChI is InChI=1S/C11H16O6.C7H10O3/c1-6(2)11(16)17-7(3)4-8(10(14)15)5-9(12)13;1-5(2)7(8)10-4-6-3-9-6/h7-8H,1,4-5H2,2-3H3,(H,12,13)(H,14,15);6H,1,3-4H2,2H3. The number of carboxylic acid groups (broad SMARTS) is 2. The van der Waals surface area contributed by atoms with Crippen LogP contribution in [0.25, 0.3) is 0 Å². The number of carboxylic acids is 2. The van der Waals surface area contributed by atoms with Gasteiger partial charge in [0.2, 0.25) is 0 Å². The normalized spacial score (nSPS) is 16.6. The molecule has 0 amide bonds. The van der Waals surface area contributed by atoms with Crippen LogP contribution < -0.4 is 0 Å². The summed E-state index contributed by atoms with van der Waals surface area (Å²) >= 11 is 0. The summed E-state index contributed by atoms with van der Waals surface area (Å²) in [4.78, 5) is 43.0. The van der Waals surface area contributed by atoms with E-state index < -0.39 is 36.4 Å². The summed E-state index contributed by atoms with van der Waals surface area (Å²) in [5.74, 6) is -4.44. The van der Waals surface area contributed by atoms with Crippen molar-refractivity contribution in [1.82, 2.24) is 0 Å². The van der Waals surface area contributed by atoms with Crippen molar-refractivity contribution in [3.8, 4) is 0 Å². The van der Waals surface area contributed by atoms with Crippen LogP contribution in [0.4, 0.5) is 0 Å². The molecule has 1 rings (SSSR count). The monoisotopic (exact) mass is 386 g/mol. The number of epoxide rings is 1. The lowest BCUT2D eigenvalue weighted by Gasteiger charge is -2.16. The largest absolute Gasteiger partial charge is 0.481 e. The Morgan fingerprint density at radius 3 is 2.00 bits per heavy atom. The zero-order valence-corrected chi connectivity index (χ0v) is 15.7. The molecule has 1 saturated heterocycles. The lowest BCUT2D eigenvalue weighted by Crippen LogP contribution is -2.25. The highest BCUT2D eigenvalue weighted by atomic mass is 16.6. The van der Waals surface area contributed by atoms with Gasteiger partial charge in [0.25, 0.3) is 0 Å². The lowest BCUT2D eigenvalue weighted by molar-refractivity contribution is -0.152. The number of carbonyl (C=O) groups is 4. The fourth-order valence-corrected chi connectivity index (χ4v) is 1.67. The summed E-state index contributed by atoms with van der Waals surface area (Å²) in [6.07, 6.45) is -1.06. The number of hydrogen-bond donors (Lipinski definition) is 2. The average Bonchev–Trinajstić information content (AvgIpc) is 3.35. The van der Waals surface area contributed by atoms with Crippen molar-refractivity contribution >= 4 is 23.9 Å². The highest BCUT2D eigenvalue weighted by Crippen LogP contribution is 2.15. The number of hydrogen-bond acceptors (Lipinski definition) is 7. The van der Waals surface area contributed by atoms with Gasteiger partial charge in [0.1, 0.15) is 18.8 Å². The summed E-state index contributed by atoms with van der Waals surface area (Å²) in [6.45, 7) is 12.5. The predicted octanol–water partition coefficient (Wildman–Crippen LogP) is 1.56. The average molecular weight is 386 g/mol. The van der Waals surface area contributed by atoms with Crippen LogP contribution in [-0.4, -0.2) is 59.5 Å². The van der Waals surface area contributed by atoms with Gasteiger partial charge in [0.15, 0.2) is 0 Å². The van der Waals surface area contributed by atoms with Crippen LogP contribution >= 0.6 is 0 Å². The van der Waals surface area contributed by atoms with E-state index in [1.807, 2.05) is 0 Å². The van der Waals surface area contributed by atoms with Crippen molar-refractivity contribution in [2.75, 3.05) is 13.2 Å². The molecule has 3 atom stereocenters. The molecule has 1 heterocycles. The van der Waals surface area contributed by atoms with Gasteiger partial charge in [-0.1, -0.05) is 13.2 Å². The molecule has 0 bridgehead atoms. The Labute approximate surface area is 157 Å². The SMILES string of the molecule is C=C(C)C(=O)OC(C)CC(CC(=O)O)C(=O)O.C=C(C)C(=O)OCC1CO1. The first-order valence-corrected chi connectivity index (χ1v) is 8.19. The second kappa shape index (κ2) is 11.8. The highest BCUT2D eigenvalue weighted by molar-refractivity contribution is 5.87. The molecular formula is C18H26O9. The molecule has 0 spiro atoms.